The maximum absolute atomic E-state index is 10.2. The van der Waals surface area contributed by atoms with Crippen LogP contribution in [0.15, 0.2) is 0 Å². The summed E-state index contributed by atoms with van der Waals surface area (Å²) in [6.45, 7) is 5.98. The van der Waals surface area contributed by atoms with Crippen molar-refractivity contribution in [3.63, 3.8) is 0 Å². The minimum absolute atomic E-state index is 0.343. The van der Waals surface area contributed by atoms with Crippen LogP contribution in [0.1, 0.15) is 52.4 Å². The van der Waals surface area contributed by atoms with Crippen molar-refractivity contribution in [2.45, 2.75) is 52.4 Å². The van der Waals surface area contributed by atoms with Gasteiger partial charge >= 0.3 is 0 Å². The molecule has 0 aromatic rings. The van der Waals surface area contributed by atoms with Crippen LogP contribution in [0.25, 0.3) is 0 Å². The van der Waals surface area contributed by atoms with Crippen molar-refractivity contribution in [3.05, 3.63) is 0 Å². The molecule has 0 aliphatic carbocycles. The highest BCUT2D eigenvalue weighted by Gasteiger charge is 2.06. The number of nitrogens with one attached hydrogen (secondary N) is 1. The fourth-order valence-corrected chi connectivity index (χ4v) is 1.22. The molecule has 78 valence electrons. The van der Waals surface area contributed by atoms with Crippen LogP contribution in [0, 0.1) is 0 Å². The van der Waals surface area contributed by atoms with Gasteiger partial charge in [-0.25, -0.2) is 0 Å². The molecular weight excluding hydrogens is 162 g/mol. The minimum Gasteiger partial charge on any atom is -0.310 e. The van der Waals surface area contributed by atoms with Crippen molar-refractivity contribution in [2.75, 3.05) is 13.1 Å². The van der Waals surface area contributed by atoms with Gasteiger partial charge in [0, 0.05) is 13.0 Å². The van der Waals surface area contributed by atoms with Crippen LogP contribution in [0.5, 0.6) is 0 Å². The molecule has 2 heteroatoms. The lowest BCUT2D eigenvalue weighted by molar-refractivity contribution is -0.116. The standard InChI is InChI=1S/C7H16.C4H7NO/c1-3-5-7-6-4-2;6-4-1-2-5-3-4/h3-7H2,1-2H3;5H,1-3H2. The lowest BCUT2D eigenvalue weighted by atomic mass is 10.2. The van der Waals surface area contributed by atoms with Crippen molar-refractivity contribution in [1.29, 1.82) is 0 Å². The summed E-state index contributed by atoms with van der Waals surface area (Å²) in [7, 11) is 0. The number of Topliss-reactive ketones (excluding diaryl/α,β-unsaturated/α-hetero) is 1. The molecular formula is C11H23NO. The zero-order valence-electron chi connectivity index (χ0n) is 9.07. The molecule has 13 heavy (non-hydrogen) atoms. The predicted molar refractivity (Wildman–Crippen MR) is 56.9 cm³/mol. The Morgan fingerprint density at radius 2 is 1.77 bits per heavy atom. The minimum atomic E-state index is 0.343. The molecule has 1 fully saturated rings. The lowest BCUT2D eigenvalue weighted by Gasteiger charge is -1.90. The van der Waals surface area contributed by atoms with Gasteiger partial charge in [0.2, 0.25) is 0 Å². The first-order valence-electron chi connectivity index (χ1n) is 5.53. The van der Waals surface area contributed by atoms with Gasteiger partial charge in [-0.2, -0.15) is 0 Å². The summed E-state index contributed by atoms with van der Waals surface area (Å²) in [4.78, 5) is 10.2. The summed E-state index contributed by atoms with van der Waals surface area (Å²) in [5, 5.41) is 2.92. The molecule has 1 aliphatic rings. The first kappa shape index (κ1) is 12.6. The Balaban J connectivity index is 0.000000223. The number of rotatable bonds is 4. The summed E-state index contributed by atoms with van der Waals surface area (Å²) in [6, 6.07) is 0. The second-order valence-corrected chi connectivity index (χ2v) is 3.53. The summed E-state index contributed by atoms with van der Waals surface area (Å²) in [5.74, 6) is 0.343. The molecule has 0 saturated carbocycles. The van der Waals surface area contributed by atoms with Gasteiger partial charge in [0.15, 0.2) is 0 Å². The van der Waals surface area contributed by atoms with Crippen molar-refractivity contribution >= 4 is 5.78 Å². The fourth-order valence-electron chi connectivity index (χ4n) is 1.22. The monoisotopic (exact) mass is 185 g/mol. The fraction of sp³-hybridized carbons (Fsp3) is 0.909. The highest BCUT2D eigenvalue weighted by molar-refractivity contribution is 5.82. The summed E-state index contributed by atoms with van der Waals surface area (Å²) >= 11 is 0. The topological polar surface area (TPSA) is 29.1 Å². The third-order valence-electron chi connectivity index (χ3n) is 2.11. The zero-order valence-corrected chi connectivity index (χ0v) is 9.07. The van der Waals surface area contributed by atoms with Crippen LogP contribution in [0.3, 0.4) is 0 Å². The normalized spacial score (nSPS) is 15.4. The molecule has 1 heterocycles. The molecule has 1 aliphatic heterocycles. The smallest absolute Gasteiger partial charge is 0.147 e. The molecule has 1 saturated heterocycles. The Morgan fingerprint density at radius 1 is 1.15 bits per heavy atom. The first-order valence-corrected chi connectivity index (χ1v) is 5.53. The molecule has 1 N–H and O–H groups in total. The van der Waals surface area contributed by atoms with Gasteiger partial charge in [-0.15, -0.1) is 0 Å². The van der Waals surface area contributed by atoms with E-state index in [2.05, 4.69) is 19.2 Å². The second kappa shape index (κ2) is 9.72. The van der Waals surface area contributed by atoms with Crippen LogP contribution >= 0.6 is 0 Å². The summed E-state index contributed by atoms with van der Waals surface area (Å²) in [6.07, 6.45) is 7.74. The van der Waals surface area contributed by atoms with Crippen molar-refractivity contribution in [1.82, 2.24) is 5.32 Å². The van der Waals surface area contributed by atoms with Crippen LogP contribution in [0.2, 0.25) is 0 Å². The van der Waals surface area contributed by atoms with E-state index in [-0.39, 0.29) is 0 Å². The molecule has 2 nitrogen and oxygen atoms in total. The third kappa shape index (κ3) is 9.54. The van der Waals surface area contributed by atoms with Gasteiger partial charge in [-0.05, 0) is 0 Å². The summed E-state index contributed by atoms with van der Waals surface area (Å²) < 4.78 is 0. The van der Waals surface area contributed by atoms with Gasteiger partial charge < -0.3 is 5.32 Å². The Hall–Kier alpha value is -0.370. The molecule has 0 radical (unpaired) electrons. The lowest BCUT2D eigenvalue weighted by Crippen LogP contribution is -2.07. The largest absolute Gasteiger partial charge is 0.310 e. The molecule has 0 amide bonds. The molecule has 0 spiro atoms. The molecule has 1 rings (SSSR count). The molecule has 0 atom stereocenters. The maximum atomic E-state index is 10.2. The van der Waals surface area contributed by atoms with Gasteiger partial charge in [-0.1, -0.05) is 46.0 Å². The molecule has 0 aromatic carbocycles. The Labute approximate surface area is 82.1 Å². The first-order chi connectivity index (χ1) is 6.31. The molecule has 0 bridgehead atoms. The number of hydrogen-bond acceptors (Lipinski definition) is 2. The van der Waals surface area contributed by atoms with Crippen molar-refractivity contribution in [2.24, 2.45) is 0 Å². The summed E-state index contributed by atoms with van der Waals surface area (Å²) in [5.41, 5.74) is 0. The van der Waals surface area contributed by atoms with E-state index in [1.165, 1.54) is 32.1 Å². The van der Waals surface area contributed by atoms with E-state index in [4.69, 9.17) is 0 Å². The average molecular weight is 185 g/mol. The number of ketones is 1. The maximum Gasteiger partial charge on any atom is 0.147 e. The van der Waals surface area contributed by atoms with E-state index in [0.29, 0.717) is 12.3 Å². The van der Waals surface area contributed by atoms with Gasteiger partial charge in [-0.3, -0.25) is 4.79 Å². The van der Waals surface area contributed by atoms with E-state index in [0.717, 1.165) is 13.0 Å². The van der Waals surface area contributed by atoms with E-state index in [1.54, 1.807) is 0 Å². The van der Waals surface area contributed by atoms with E-state index in [9.17, 15) is 4.79 Å². The zero-order chi connectivity index (χ0) is 9.94. The number of carbonyl (C=O) groups is 1. The SMILES string of the molecule is CCCCCCC.O=C1CCNC1. The Bertz CT molecular complexity index is 111. The van der Waals surface area contributed by atoms with E-state index in [1.807, 2.05) is 0 Å². The Kier molecular flexibility index (Phi) is 9.44. The van der Waals surface area contributed by atoms with Gasteiger partial charge in [0.25, 0.3) is 0 Å². The van der Waals surface area contributed by atoms with Crippen LogP contribution in [-0.4, -0.2) is 18.9 Å². The van der Waals surface area contributed by atoms with Gasteiger partial charge in [0.1, 0.15) is 5.78 Å². The second-order valence-electron chi connectivity index (χ2n) is 3.53. The van der Waals surface area contributed by atoms with Gasteiger partial charge in [0.05, 0.1) is 6.54 Å². The quantitative estimate of drug-likeness (QED) is 0.682. The molecule has 0 unspecified atom stereocenters. The van der Waals surface area contributed by atoms with E-state index >= 15 is 0 Å². The third-order valence-corrected chi connectivity index (χ3v) is 2.11. The predicted octanol–water partition coefficient (Wildman–Crippen LogP) is 2.53. The Morgan fingerprint density at radius 3 is 2.00 bits per heavy atom. The highest BCUT2D eigenvalue weighted by Crippen LogP contribution is 2.00. The van der Waals surface area contributed by atoms with E-state index < -0.39 is 0 Å². The molecule has 0 aromatic heterocycles. The van der Waals surface area contributed by atoms with Crippen LogP contribution in [0.4, 0.5) is 0 Å². The van der Waals surface area contributed by atoms with Crippen LogP contribution in [-0.2, 0) is 4.79 Å². The van der Waals surface area contributed by atoms with Crippen molar-refractivity contribution < 1.29 is 4.79 Å². The number of hydrogen-bond donors (Lipinski definition) is 1. The van der Waals surface area contributed by atoms with Crippen LogP contribution < -0.4 is 5.32 Å². The number of unbranched alkanes of at least 4 members (excludes halogenated alkanes) is 4. The number of carbonyl (C=O) groups excluding carboxylic acids is 1. The highest BCUT2D eigenvalue weighted by atomic mass is 16.1. The average Bonchev–Trinajstić information content (AvgIpc) is 2.58. The van der Waals surface area contributed by atoms with Crippen molar-refractivity contribution in [3.8, 4) is 0 Å².